The molecule has 2 aromatic carbocycles. The maximum atomic E-state index is 12.4. The number of rotatable bonds is 5. The van der Waals surface area contributed by atoms with Gasteiger partial charge in [-0.1, -0.05) is 54.1 Å². The Labute approximate surface area is 160 Å². The van der Waals surface area contributed by atoms with E-state index < -0.39 is 17.1 Å². The molecule has 1 fully saturated rings. The highest BCUT2D eigenvalue weighted by Crippen LogP contribution is 2.31. The monoisotopic (exact) mass is 386 g/mol. The third kappa shape index (κ3) is 4.53. The van der Waals surface area contributed by atoms with Crippen molar-refractivity contribution in [3.8, 4) is 0 Å². The number of nitrogens with zero attached hydrogens (tertiary/aromatic N) is 1. The molecule has 3 amide bonds. The molecule has 132 valence electrons. The van der Waals surface area contributed by atoms with Gasteiger partial charge in [0.1, 0.15) is 6.54 Å². The number of carbonyl (C=O) groups is 3. The minimum atomic E-state index is -0.453. The van der Waals surface area contributed by atoms with Crippen molar-refractivity contribution in [2.45, 2.75) is 6.54 Å². The summed E-state index contributed by atoms with van der Waals surface area (Å²) >= 11 is 6.65. The topological polar surface area (TPSA) is 66.5 Å². The molecule has 5 nitrogen and oxygen atoms in total. The average molecular weight is 387 g/mol. The van der Waals surface area contributed by atoms with Crippen molar-refractivity contribution in [3.05, 3.63) is 75.7 Å². The van der Waals surface area contributed by atoms with Gasteiger partial charge < -0.3 is 5.32 Å². The number of halogens is 1. The summed E-state index contributed by atoms with van der Waals surface area (Å²) in [5.41, 5.74) is 1.70. The van der Waals surface area contributed by atoms with Crippen molar-refractivity contribution in [3.63, 3.8) is 0 Å². The van der Waals surface area contributed by atoms with E-state index in [2.05, 4.69) is 5.32 Å². The van der Waals surface area contributed by atoms with Crippen LogP contribution in [0.1, 0.15) is 11.1 Å². The van der Waals surface area contributed by atoms with Crippen molar-refractivity contribution < 1.29 is 14.4 Å². The maximum Gasteiger partial charge on any atom is 0.294 e. The van der Waals surface area contributed by atoms with E-state index in [-0.39, 0.29) is 6.54 Å². The van der Waals surface area contributed by atoms with Gasteiger partial charge in [-0.15, -0.1) is 0 Å². The number of carbonyl (C=O) groups excluding carboxylic acids is 3. The molecule has 1 aliphatic rings. The standard InChI is InChI=1S/C19H15ClN2O3S/c20-15-8-6-14(7-9-15)11-21-17(23)12-22-18(24)16(26-19(22)25)10-13-4-2-1-3-5-13/h1-10H,11-12H2,(H,21,23)/b16-10+. The van der Waals surface area contributed by atoms with Gasteiger partial charge in [-0.25, -0.2) is 0 Å². The van der Waals surface area contributed by atoms with Gasteiger partial charge in [-0.05, 0) is 41.1 Å². The first-order chi connectivity index (χ1) is 12.5. The summed E-state index contributed by atoms with van der Waals surface area (Å²) in [4.78, 5) is 37.8. The van der Waals surface area contributed by atoms with Crippen LogP contribution >= 0.6 is 23.4 Å². The van der Waals surface area contributed by atoms with E-state index in [1.54, 1.807) is 30.3 Å². The molecule has 0 aliphatic carbocycles. The van der Waals surface area contributed by atoms with Crippen LogP contribution in [0.25, 0.3) is 6.08 Å². The normalized spacial score (nSPS) is 15.6. The lowest BCUT2D eigenvalue weighted by Gasteiger charge is -2.12. The van der Waals surface area contributed by atoms with Gasteiger partial charge in [0.05, 0.1) is 4.91 Å². The highest BCUT2D eigenvalue weighted by Gasteiger charge is 2.36. The Morgan fingerprint density at radius 3 is 2.46 bits per heavy atom. The Morgan fingerprint density at radius 2 is 1.77 bits per heavy atom. The third-order valence-corrected chi connectivity index (χ3v) is 4.83. The molecule has 26 heavy (non-hydrogen) atoms. The SMILES string of the molecule is O=C(CN1C(=O)S/C(=C/c2ccccc2)C1=O)NCc1ccc(Cl)cc1. The van der Waals surface area contributed by atoms with Crippen LogP contribution in [0.4, 0.5) is 4.79 Å². The Hall–Kier alpha value is -2.57. The molecule has 7 heteroatoms. The number of benzene rings is 2. The lowest BCUT2D eigenvalue weighted by Crippen LogP contribution is -2.39. The van der Waals surface area contributed by atoms with Gasteiger partial charge >= 0.3 is 0 Å². The second kappa shape index (κ2) is 8.21. The minimum Gasteiger partial charge on any atom is -0.350 e. The van der Waals surface area contributed by atoms with Crippen LogP contribution in [0, 0.1) is 0 Å². The number of nitrogens with one attached hydrogen (secondary N) is 1. The quantitative estimate of drug-likeness (QED) is 0.796. The Morgan fingerprint density at radius 1 is 1.08 bits per heavy atom. The van der Waals surface area contributed by atoms with Crippen molar-refractivity contribution in [1.29, 1.82) is 0 Å². The van der Waals surface area contributed by atoms with Gasteiger partial charge in [0.2, 0.25) is 5.91 Å². The Bertz CT molecular complexity index is 866. The largest absolute Gasteiger partial charge is 0.350 e. The summed E-state index contributed by atoms with van der Waals surface area (Å²) in [6.07, 6.45) is 1.65. The highest BCUT2D eigenvalue weighted by molar-refractivity contribution is 8.18. The van der Waals surface area contributed by atoms with E-state index in [0.717, 1.165) is 27.8 Å². The predicted octanol–water partition coefficient (Wildman–Crippen LogP) is 3.69. The molecule has 1 heterocycles. The van der Waals surface area contributed by atoms with Crippen molar-refractivity contribution >= 4 is 46.5 Å². The molecule has 1 saturated heterocycles. The Balaban J connectivity index is 1.59. The first kappa shape index (κ1) is 18.2. The van der Waals surface area contributed by atoms with E-state index >= 15 is 0 Å². The van der Waals surface area contributed by atoms with Gasteiger partial charge in [-0.3, -0.25) is 19.3 Å². The van der Waals surface area contributed by atoms with Crippen molar-refractivity contribution in [2.24, 2.45) is 0 Å². The van der Waals surface area contributed by atoms with Gasteiger partial charge in [0, 0.05) is 11.6 Å². The van der Waals surface area contributed by atoms with Crippen LogP contribution in [0.5, 0.6) is 0 Å². The zero-order chi connectivity index (χ0) is 18.5. The molecule has 0 saturated carbocycles. The van der Waals surface area contributed by atoms with Gasteiger partial charge in [-0.2, -0.15) is 0 Å². The predicted molar refractivity (Wildman–Crippen MR) is 102 cm³/mol. The molecule has 1 N–H and O–H groups in total. The van der Waals surface area contributed by atoms with Gasteiger partial charge in [0.15, 0.2) is 0 Å². The Kier molecular flexibility index (Phi) is 5.75. The third-order valence-electron chi connectivity index (χ3n) is 3.68. The summed E-state index contributed by atoms with van der Waals surface area (Å²) in [5, 5.41) is 2.86. The fourth-order valence-electron chi connectivity index (χ4n) is 2.34. The molecule has 0 bridgehead atoms. The summed E-state index contributed by atoms with van der Waals surface area (Å²) in [5.74, 6) is -0.853. The summed E-state index contributed by atoms with van der Waals surface area (Å²) in [7, 11) is 0. The number of imide groups is 1. The fourth-order valence-corrected chi connectivity index (χ4v) is 3.30. The summed E-state index contributed by atoms with van der Waals surface area (Å²) < 4.78 is 0. The first-order valence-electron chi connectivity index (χ1n) is 7.84. The van der Waals surface area contributed by atoms with E-state index in [1.807, 2.05) is 30.3 Å². The minimum absolute atomic E-state index is 0.298. The lowest BCUT2D eigenvalue weighted by molar-refractivity contribution is -0.129. The summed E-state index contributed by atoms with van der Waals surface area (Å²) in [6.45, 7) is -0.00351. The first-order valence-corrected chi connectivity index (χ1v) is 9.04. The van der Waals surface area contributed by atoms with Crippen molar-refractivity contribution in [2.75, 3.05) is 6.54 Å². The molecule has 0 atom stereocenters. The second-order valence-corrected chi connectivity index (χ2v) is 7.01. The molecule has 0 radical (unpaired) electrons. The maximum absolute atomic E-state index is 12.4. The molecule has 0 aromatic heterocycles. The van der Waals surface area contributed by atoms with Crippen LogP contribution in [0.3, 0.4) is 0 Å². The molecular formula is C19H15ClN2O3S. The zero-order valence-electron chi connectivity index (χ0n) is 13.6. The van der Waals surface area contributed by atoms with Gasteiger partial charge in [0.25, 0.3) is 11.1 Å². The van der Waals surface area contributed by atoms with Crippen LogP contribution in [-0.2, 0) is 16.1 Å². The van der Waals surface area contributed by atoms with Crippen LogP contribution in [0.2, 0.25) is 5.02 Å². The van der Waals surface area contributed by atoms with E-state index in [4.69, 9.17) is 11.6 Å². The molecule has 2 aromatic rings. The molecular weight excluding hydrogens is 372 g/mol. The zero-order valence-corrected chi connectivity index (χ0v) is 15.2. The van der Waals surface area contributed by atoms with E-state index in [0.29, 0.717) is 16.5 Å². The number of hydrogen-bond acceptors (Lipinski definition) is 4. The second-order valence-electron chi connectivity index (χ2n) is 5.58. The van der Waals surface area contributed by atoms with Crippen molar-refractivity contribution in [1.82, 2.24) is 10.2 Å². The number of amides is 3. The average Bonchev–Trinajstić information content (AvgIpc) is 2.89. The molecule has 1 aliphatic heterocycles. The molecule has 3 rings (SSSR count). The fraction of sp³-hybridized carbons (Fsp3) is 0.105. The summed E-state index contributed by atoms with van der Waals surface area (Å²) in [6, 6.07) is 16.3. The lowest BCUT2D eigenvalue weighted by atomic mass is 10.2. The van der Waals surface area contributed by atoms with Crippen LogP contribution in [0.15, 0.2) is 59.5 Å². The molecule has 0 unspecified atom stereocenters. The van der Waals surface area contributed by atoms with Crippen LogP contribution < -0.4 is 5.32 Å². The smallest absolute Gasteiger partial charge is 0.294 e. The number of hydrogen-bond donors (Lipinski definition) is 1. The highest BCUT2D eigenvalue weighted by atomic mass is 35.5. The number of thioether (sulfide) groups is 1. The van der Waals surface area contributed by atoms with E-state index in [1.165, 1.54) is 0 Å². The van der Waals surface area contributed by atoms with Crippen LogP contribution in [-0.4, -0.2) is 28.5 Å². The molecule has 0 spiro atoms. The van der Waals surface area contributed by atoms with E-state index in [9.17, 15) is 14.4 Å².